The first-order valence-corrected chi connectivity index (χ1v) is 30.6. The fourth-order valence-corrected chi connectivity index (χ4v) is 17.7. The van der Waals surface area contributed by atoms with Crippen LogP contribution in [0, 0.1) is 50.2 Å². The number of allylic oxidation sites excluding steroid dienone is 2. The van der Waals surface area contributed by atoms with Crippen LogP contribution < -0.4 is 0 Å². The number of carbonyl (C=O) groups is 1. The molecule has 0 bridgehead atoms. The lowest BCUT2D eigenvalue weighted by Crippen LogP contribution is -2.68. The third-order valence-electron chi connectivity index (χ3n) is 23.3. The van der Waals surface area contributed by atoms with Gasteiger partial charge in [-0.2, -0.15) is 0 Å². The van der Waals surface area contributed by atoms with Crippen LogP contribution in [0.1, 0.15) is 120 Å². The molecule has 5 heterocycles. The third kappa shape index (κ3) is 11.0. The standard InChI is InChI=1S/C59H96O26/c1-24-34(64)44(82-48-40(70)39(69)37(67)29(20-60)79-48)41(71)49(77-24)84-46-38(68)30(21-61)80-51(43(46)73)83-45-35(65)25(2)78-50(42(45)72)85-47-36(66)28(63)22-76-52(47)81-33-12-13-55(5)31(56(33,6)23-62)11-14-58(8)32(55)10-9-26-27-19-54(3,4)15-17-59(27,53(74)75)18-16-57(26,58)7/h9,24-25,27-52,60-73H,10-23H2,1-8H3,(H,74,75)/t24-,25-,27-,28-,29+,30+,31+,32+,33-,34-,35-,36-,37+,38+,39-,40+,41+,42+,43+,44+,45+,46-,47+,48-,49-,50-,51-,52-,55-,56-,57+,58+,59-/m0/s1. The number of hydrogen-bond donors (Lipinski definition) is 15. The van der Waals surface area contributed by atoms with Crippen molar-refractivity contribution in [1.82, 2.24) is 0 Å². The lowest BCUT2D eigenvalue weighted by Gasteiger charge is -2.71. The fraction of sp³-hybridized carbons (Fsp3) is 0.949. The van der Waals surface area contributed by atoms with Gasteiger partial charge in [-0.05, 0) is 117 Å². The van der Waals surface area contributed by atoms with E-state index in [0.717, 1.165) is 38.5 Å². The van der Waals surface area contributed by atoms with E-state index < -0.39 is 184 Å². The molecule has 9 fully saturated rings. The van der Waals surface area contributed by atoms with Gasteiger partial charge < -0.3 is 124 Å². The van der Waals surface area contributed by atoms with Crippen LogP contribution in [0.3, 0.4) is 0 Å². The van der Waals surface area contributed by atoms with E-state index in [2.05, 4.69) is 40.7 Å². The Morgan fingerprint density at radius 3 is 1.61 bits per heavy atom. The molecule has 10 aliphatic rings. The summed E-state index contributed by atoms with van der Waals surface area (Å²) in [7, 11) is 0. The molecule has 10 rings (SSSR count). The lowest BCUT2D eigenvalue weighted by molar-refractivity contribution is -0.395. The number of rotatable bonds is 14. The minimum Gasteiger partial charge on any atom is -0.481 e. The Kier molecular flexibility index (Phi) is 19.0. The van der Waals surface area contributed by atoms with Crippen LogP contribution in [-0.2, 0) is 52.2 Å². The summed E-state index contributed by atoms with van der Waals surface area (Å²) in [5.74, 6) is -0.591. The van der Waals surface area contributed by atoms with Crippen molar-refractivity contribution < 1.29 is 129 Å². The molecular formula is C59H96O26. The first kappa shape index (κ1) is 66.2. The van der Waals surface area contributed by atoms with E-state index in [1.165, 1.54) is 19.4 Å². The van der Waals surface area contributed by atoms with Crippen molar-refractivity contribution in [1.29, 1.82) is 0 Å². The van der Waals surface area contributed by atoms with Crippen LogP contribution in [0.25, 0.3) is 0 Å². The van der Waals surface area contributed by atoms with Gasteiger partial charge in [0.25, 0.3) is 0 Å². The Balaban J connectivity index is 0.832. The second-order valence-electron chi connectivity index (χ2n) is 28.5. The summed E-state index contributed by atoms with van der Waals surface area (Å²) in [6, 6.07) is 0. The van der Waals surface area contributed by atoms with E-state index in [9.17, 15) is 81.4 Å². The molecule has 5 aliphatic carbocycles. The molecule has 0 spiro atoms. The molecule has 0 aromatic heterocycles. The molecule has 0 aromatic carbocycles. The zero-order valence-corrected chi connectivity index (χ0v) is 49.8. The second-order valence-corrected chi connectivity index (χ2v) is 28.5. The molecule has 5 aliphatic heterocycles. The highest BCUT2D eigenvalue weighted by atomic mass is 16.8. The first-order valence-electron chi connectivity index (χ1n) is 30.6. The minimum absolute atomic E-state index is 0.0198. The highest BCUT2D eigenvalue weighted by molar-refractivity contribution is 5.76. The maximum atomic E-state index is 13.2. The molecule has 33 atom stereocenters. The predicted octanol–water partition coefficient (Wildman–Crippen LogP) is -1.98. The van der Waals surface area contributed by atoms with Crippen LogP contribution >= 0.6 is 0 Å². The van der Waals surface area contributed by atoms with Crippen molar-refractivity contribution in [3.8, 4) is 0 Å². The van der Waals surface area contributed by atoms with Crippen LogP contribution in [-0.4, -0.2) is 263 Å². The van der Waals surface area contributed by atoms with Gasteiger partial charge in [0.15, 0.2) is 31.5 Å². The number of aliphatic hydroxyl groups is 14. The topological polar surface area (TPSA) is 413 Å². The molecule has 488 valence electrons. The van der Waals surface area contributed by atoms with E-state index in [1.807, 2.05) is 6.92 Å². The Labute approximate surface area is 494 Å². The van der Waals surface area contributed by atoms with Crippen LogP contribution in [0.5, 0.6) is 0 Å². The SMILES string of the molecule is C[C@@H]1O[C@@H](O[C@@H]2[C@@H](O)[C@H](O[C@@H]3[C@@H](O)[C@H](C)O[C@@H](O[C@H]4[C@H](O[C@H]5CC[C@@]6(C)[C@@H](CC[C@]7(C)[C@@H]6CC=C6[C@@H]8CC(C)(C)CC[C@]8(C(=O)O)CC[C@]67C)[C@]5(C)CO)OC[C@H](O)[C@@H]4O)[C@@H]3O)O[C@H](CO)[C@H]2O)[C@H](O)[C@H](O[C@@H]2O[C@H](CO)[C@@H](O)[C@H](O)[C@H]2O)[C@H]1O. The highest BCUT2D eigenvalue weighted by Crippen LogP contribution is 2.76. The Morgan fingerprint density at radius 1 is 0.541 bits per heavy atom. The number of ether oxygens (including phenoxy) is 10. The Bertz CT molecular complexity index is 2370. The molecular weight excluding hydrogens is 1120 g/mol. The summed E-state index contributed by atoms with van der Waals surface area (Å²) in [5, 5.41) is 166. The van der Waals surface area contributed by atoms with Crippen LogP contribution in [0.4, 0.5) is 0 Å². The predicted molar refractivity (Wildman–Crippen MR) is 288 cm³/mol. The van der Waals surface area contributed by atoms with Gasteiger partial charge in [0.2, 0.25) is 0 Å². The molecule has 4 saturated carbocycles. The summed E-state index contributed by atoms with van der Waals surface area (Å²) in [6.45, 7) is 14.1. The van der Waals surface area contributed by atoms with Crippen molar-refractivity contribution in [2.24, 2.45) is 50.2 Å². The van der Waals surface area contributed by atoms with E-state index in [0.29, 0.717) is 25.7 Å². The number of hydrogen-bond acceptors (Lipinski definition) is 25. The van der Waals surface area contributed by atoms with Gasteiger partial charge in [0, 0.05) is 5.41 Å². The molecule has 26 heteroatoms. The van der Waals surface area contributed by atoms with Gasteiger partial charge in [0.1, 0.15) is 104 Å². The molecule has 85 heavy (non-hydrogen) atoms. The van der Waals surface area contributed by atoms with Gasteiger partial charge in [-0.15, -0.1) is 0 Å². The van der Waals surface area contributed by atoms with Crippen molar-refractivity contribution in [2.45, 2.75) is 273 Å². The third-order valence-corrected chi connectivity index (χ3v) is 23.3. The van der Waals surface area contributed by atoms with Crippen molar-refractivity contribution in [3.05, 3.63) is 11.6 Å². The smallest absolute Gasteiger partial charge is 0.310 e. The van der Waals surface area contributed by atoms with E-state index >= 15 is 0 Å². The molecule has 0 unspecified atom stereocenters. The van der Waals surface area contributed by atoms with E-state index in [4.69, 9.17) is 47.4 Å². The van der Waals surface area contributed by atoms with Gasteiger partial charge >= 0.3 is 5.97 Å². The molecule has 26 nitrogen and oxygen atoms in total. The Morgan fingerprint density at radius 2 is 1.06 bits per heavy atom. The summed E-state index contributed by atoms with van der Waals surface area (Å²) in [4.78, 5) is 13.2. The maximum Gasteiger partial charge on any atom is 0.310 e. The summed E-state index contributed by atoms with van der Waals surface area (Å²) in [5.41, 5.74) is -0.987. The Hall–Kier alpha value is -1.75. The number of fused-ring (bicyclic) bond motifs is 7. The zero-order chi connectivity index (χ0) is 62.0. The average molecular weight is 1220 g/mol. The van der Waals surface area contributed by atoms with E-state index in [-0.39, 0.29) is 52.6 Å². The van der Waals surface area contributed by atoms with Crippen LogP contribution in [0.15, 0.2) is 11.6 Å². The highest BCUT2D eigenvalue weighted by Gasteiger charge is 2.70. The van der Waals surface area contributed by atoms with Gasteiger partial charge in [-0.3, -0.25) is 4.79 Å². The van der Waals surface area contributed by atoms with Crippen molar-refractivity contribution in [2.75, 3.05) is 26.4 Å². The second kappa shape index (κ2) is 24.4. The first-order chi connectivity index (χ1) is 39.9. The largest absolute Gasteiger partial charge is 0.481 e. The molecule has 0 amide bonds. The summed E-state index contributed by atoms with van der Waals surface area (Å²) >= 11 is 0. The van der Waals surface area contributed by atoms with Gasteiger partial charge in [-0.25, -0.2) is 0 Å². The quantitative estimate of drug-likeness (QED) is 0.0662. The van der Waals surface area contributed by atoms with Gasteiger partial charge in [0.05, 0.1) is 50.2 Å². The number of carboxylic acids is 1. The molecule has 0 radical (unpaired) electrons. The monoisotopic (exact) mass is 1220 g/mol. The number of carboxylic acid groups (broad SMARTS) is 1. The minimum atomic E-state index is -2.07. The summed E-state index contributed by atoms with van der Waals surface area (Å²) in [6.07, 6.45) is -32.1. The molecule has 0 aromatic rings. The number of aliphatic hydroxyl groups excluding tert-OH is 14. The lowest BCUT2D eigenvalue weighted by atomic mass is 9.33. The molecule has 5 saturated heterocycles. The average Bonchev–Trinajstić information content (AvgIpc) is 0.691. The fourth-order valence-electron chi connectivity index (χ4n) is 17.7. The number of aliphatic carboxylic acids is 1. The zero-order valence-electron chi connectivity index (χ0n) is 49.8. The molecule has 15 N–H and O–H groups in total. The van der Waals surface area contributed by atoms with Crippen molar-refractivity contribution in [3.63, 3.8) is 0 Å². The van der Waals surface area contributed by atoms with Crippen LogP contribution in [0.2, 0.25) is 0 Å². The summed E-state index contributed by atoms with van der Waals surface area (Å²) < 4.78 is 59.8. The normalized spacial score (nSPS) is 55.3. The maximum absolute atomic E-state index is 13.2. The van der Waals surface area contributed by atoms with Gasteiger partial charge in [-0.1, -0.05) is 53.2 Å². The van der Waals surface area contributed by atoms with E-state index in [1.54, 1.807) is 0 Å². The van der Waals surface area contributed by atoms with Crippen molar-refractivity contribution >= 4 is 5.97 Å².